The zero-order chi connectivity index (χ0) is 18.0. The number of halogens is 2. The number of likely N-dealkylation sites (N-methyl/N-ethyl adjacent to an activating group) is 1. The molecule has 2 atom stereocenters. The van der Waals surface area contributed by atoms with Gasteiger partial charge in [-0.2, -0.15) is 5.10 Å². The van der Waals surface area contributed by atoms with E-state index in [0.29, 0.717) is 16.6 Å². The number of hydrogen-bond acceptors (Lipinski definition) is 2. The van der Waals surface area contributed by atoms with Gasteiger partial charge in [-0.3, -0.25) is 9.48 Å². The molecule has 0 aliphatic heterocycles. The Labute approximate surface area is 152 Å². The van der Waals surface area contributed by atoms with E-state index in [1.807, 2.05) is 47.0 Å². The minimum Gasteiger partial charge on any atom is -0.324 e. The van der Waals surface area contributed by atoms with Crippen molar-refractivity contribution in [1.29, 1.82) is 0 Å². The largest absolute Gasteiger partial charge is 0.324 e. The molecule has 1 heterocycles. The Balaban J connectivity index is 2.05. The van der Waals surface area contributed by atoms with Gasteiger partial charge in [-0.05, 0) is 32.9 Å². The minimum absolute atomic E-state index is 0.0354. The quantitative estimate of drug-likeness (QED) is 0.849. The molecule has 2 rings (SSSR count). The highest BCUT2D eigenvalue weighted by molar-refractivity contribution is 6.42. The van der Waals surface area contributed by atoms with E-state index in [4.69, 9.17) is 23.2 Å². The van der Waals surface area contributed by atoms with Crippen molar-refractivity contribution in [3.05, 3.63) is 45.2 Å². The first-order valence-corrected chi connectivity index (χ1v) is 8.53. The highest BCUT2D eigenvalue weighted by atomic mass is 35.5. The number of anilines is 1. The van der Waals surface area contributed by atoms with E-state index in [-0.39, 0.29) is 11.9 Å². The summed E-state index contributed by atoms with van der Waals surface area (Å²) in [5, 5.41) is 8.38. The number of rotatable bonds is 5. The van der Waals surface area contributed by atoms with Crippen LogP contribution in [0.4, 0.5) is 5.69 Å². The highest BCUT2D eigenvalue weighted by Crippen LogP contribution is 2.22. The van der Waals surface area contributed by atoms with Crippen molar-refractivity contribution in [3.63, 3.8) is 0 Å². The zero-order valence-electron chi connectivity index (χ0n) is 14.6. The molecule has 0 saturated heterocycles. The molecule has 0 spiro atoms. The van der Waals surface area contributed by atoms with Crippen molar-refractivity contribution in [2.45, 2.75) is 33.4 Å². The monoisotopic (exact) mass is 369 g/mol. The fourth-order valence-corrected chi connectivity index (χ4v) is 2.86. The molecule has 130 valence electrons. The molecule has 0 radical (unpaired) electrons. The van der Waals surface area contributed by atoms with Crippen LogP contribution in [0.1, 0.15) is 23.9 Å². The Morgan fingerprint density at radius 1 is 1.33 bits per heavy atom. The van der Waals surface area contributed by atoms with Gasteiger partial charge in [-0.15, -0.1) is 0 Å². The topological polar surface area (TPSA) is 51.4 Å². The summed E-state index contributed by atoms with van der Waals surface area (Å²) in [5.41, 5.74) is 3.58. The Kier molecular flexibility index (Phi) is 5.91. The fourth-order valence-electron chi connectivity index (χ4n) is 2.53. The molecule has 1 aromatic heterocycles. The summed E-state index contributed by atoms with van der Waals surface area (Å²) in [5.74, 6) is -0.0354. The van der Waals surface area contributed by atoms with Gasteiger partial charge in [0.05, 0.1) is 34.2 Å². The lowest BCUT2D eigenvalue weighted by molar-refractivity contribution is -0.907. The number of quaternary nitrogens is 1. The van der Waals surface area contributed by atoms with Crippen molar-refractivity contribution in [2.75, 3.05) is 12.4 Å². The molecule has 5 nitrogen and oxygen atoms in total. The van der Waals surface area contributed by atoms with Crippen LogP contribution < -0.4 is 10.2 Å². The Morgan fingerprint density at radius 2 is 2.00 bits per heavy atom. The van der Waals surface area contributed by atoms with E-state index in [1.165, 1.54) is 0 Å². The maximum Gasteiger partial charge on any atom is 0.282 e. The number of nitrogens with zero attached hydrogens (tertiary/aromatic N) is 2. The highest BCUT2D eigenvalue weighted by Gasteiger charge is 2.24. The summed E-state index contributed by atoms with van der Waals surface area (Å²) in [6.07, 6.45) is 0. The lowest BCUT2D eigenvalue weighted by Crippen LogP contribution is -3.12. The third kappa shape index (κ3) is 4.09. The Bertz CT molecular complexity index is 757. The SMILES string of the molecule is Cc1nn(C)c(C)c1NC(=O)[C@H](C)[NH+](C)Cc1ccc(Cl)c(Cl)c1. The maximum absolute atomic E-state index is 12.6. The number of carbonyl (C=O) groups excluding carboxylic acids is 1. The molecular formula is C17H23Cl2N4O+. The van der Waals surface area contributed by atoms with Gasteiger partial charge in [0.15, 0.2) is 6.04 Å². The second kappa shape index (κ2) is 7.55. The number of benzene rings is 1. The summed E-state index contributed by atoms with van der Waals surface area (Å²) < 4.78 is 1.77. The summed E-state index contributed by atoms with van der Waals surface area (Å²) >= 11 is 12.0. The van der Waals surface area contributed by atoms with Crippen molar-refractivity contribution >= 4 is 34.8 Å². The molecule has 1 amide bonds. The van der Waals surface area contributed by atoms with E-state index in [9.17, 15) is 4.79 Å². The third-order valence-corrected chi connectivity index (χ3v) is 5.10. The third-order valence-electron chi connectivity index (χ3n) is 4.36. The molecular weight excluding hydrogens is 347 g/mol. The summed E-state index contributed by atoms with van der Waals surface area (Å²) in [6, 6.07) is 5.32. The molecule has 0 fully saturated rings. The standard InChI is InChI=1S/C17H22Cl2N4O/c1-10-16(11(2)23(5)21-10)20-17(24)12(3)22(4)9-13-6-7-14(18)15(19)8-13/h6-8,12H,9H2,1-5H3,(H,20,24)/p+1/t12-/m0/s1. The lowest BCUT2D eigenvalue weighted by atomic mass is 10.2. The second-order valence-electron chi connectivity index (χ2n) is 6.15. The Morgan fingerprint density at radius 3 is 2.54 bits per heavy atom. The van der Waals surface area contributed by atoms with Gasteiger partial charge < -0.3 is 10.2 Å². The summed E-state index contributed by atoms with van der Waals surface area (Å²) in [6.45, 7) is 6.41. The van der Waals surface area contributed by atoms with Gasteiger partial charge in [0.25, 0.3) is 5.91 Å². The summed E-state index contributed by atoms with van der Waals surface area (Å²) in [4.78, 5) is 13.6. The van der Waals surface area contributed by atoms with Crippen LogP contribution in [0.3, 0.4) is 0 Å². The number of hydrogen-bond donors (Lipinski definition) is 2. The predicted octanol–water partition coefficient (Wildman–Crippen LogP) is 2.39. The fraction of sp³-hybridized carbons (Fsp3) is 0.412. The van der Waals surface area contributed by atoms with Crippen LogP contribution in [0.5, 0.6) is 0 Å². The number of nitrogens with one attached hydrogen (secondary N) is 2. The van der Waals surface area contributed by atoms with Gasteiger partial charge in [0.1, 0.15) is 6.54 Å². The normalized spacial score (nSPS) is 13.6. The van der Waals surface area contributed by atoms with Crippen LogP contribution in [-0.2, 0) is 18.4 Å². The van der Waals surface area contributed by atoms with Crippen LogP contribution in [-0.4, -0.2) is 28.8 Å². The van der Waals surface area contributed by atoms with E-state index in [1.54, 1.807) is 10.7 Å². The van der Waals surface area contributed by atoms with E-state index >= 15 is 0 Å². The first kappa shape index (κ1) is 18.8. The molecule has 0 bridgehead atoms. The molecule has 0 aliphatic carbocycles. The van der Waals surface area contributed by atoms with Gasteiger partial charge in [-0.25, -0.2) is 0 Å². The van der Waals surface area contributed by atoms with Crippen molar-refractivity contribution in [2.24, 2.45) is 7.05 Å². The van der Waals surface area contributed by atoms with Crippen LogP contribution >= 0.6 is 23.2 Å². The molecule has 2 N–H and O–H groups in total. The lowest BCUT2D eigenvalue weighted by Gasteiger charge is -2.21. The second-order valence-corrected chi connectivity index (χ2v) is 6.97. The van der Waals surface area contributed by atoms with Crippen LogP contribution in [0.2, 0.25) is 10.0 Å². The molecule has 0 aliphatic rings. The first-order chi connectivity index (χ1) is 11.2. The average molecular weight is 370 g/mol. The van der Waals surface area contributed by atoms with E-state index < -0.39 is 0 Å². The number of aryl methyl sites for hydroxylation is 2. The van der Waals surface area contributed by atoms with Gasteiger partial charge in [-0.1, -0.05) is 29.3 Å². The molecule has 7 heteroatoms. The summed E-state index contributed by atoms with van der Waals surface area (Å²) in [7, 11) is 3.85. The van der Waals surface area contributed by atoms with Crippen molar-refractivity contribution < 1.29 is 9.69 Å². The molecule has 24 heavy (non-hydrogen) atoms. The van der Waals surface area contributed by atoms with Gasteiger partial charge in [0.2, 0.25) is 0 Å². The van der Waals surface area contributed by atoms with Gasteiger partial charge in [0, 0.05) is 12.6 Å². The van der Waals surface area contributed by atoms with Crippen LogP contribution in [0, 0.1) is 13.8 Å². The average Bonchev–Trinajstić information content (AvgIpc) is 2.76. The van der Waals surface area contributed by atoms with E-state index in [0.717, 1.165) is 27.5 Å². The van der Waals surface area contributed by atoms with E-state index in [2.05, 4.69) is 10.4 Å². The first-order valence-electron chi connectivity index (χ1n) is 7.78. The van der Waals surface area contributed by atoms with Gasteiger partial charge >= 0.3 is 0 Å². The molecule has 2 aromatic rings. The number of amides is 1. The number of aromatic nitrogens is 2. The minimum atomic E-state index is -0.224. The zero-order valence-corrected chi connectivity index (χ0v) is 16.1. The Hall–Kier alpha value is -1.56. The maximum atomic E-state index is 12.6. The molecule has 1 unspecified atom stereocenters. The van der Waals surface area contributed by atoms with Crippen molar-refractivity contribution in [3.8, 4) is 0 Å². The smallest absolute Gasteiger partial charge is 0.282 e. The van der Waals surface area contributed by atoms with Crippen LogP contribution in [0.25, 0.3) is 0 Å². The predicted molar refractivity (Wildman–Crippen MR) is 97.8 cm³/mol. The molecule has 0 saturated carbocycles. The molecule has 1 aromatic carbocycles. The number of carbonyl (C=O) groups is 1. The van der Waals surface area contributed by atoms with Crippen molar-refractivity contribution in [1.82, 2.24) is 9.78 Å². The van der Waals surface area contributed by atoms with Crippen LogP contribution in [0.15, 0.2) is 18.2 Å².